The lowest BCUT2D eigenvalue weighted by molar-refractivity contribution is 0.157. The second-order valence-electron chi connectivity index (χ2n) is 12.0. The number of hydrogen-bond acceptors (Lipinski definition) is 8. The van der Waals surface area contributed by atoms with Crippen LogP contribution in [0.4, 0.5) is 5.69 Å². The molecule has 1 N–H and O–H groups in total. The number of rotatable bonds is 9. The van der Waals surface area contributed by atoms with Crippen molar-refractivity contribution >= 4 is 16.6 Å². The molecule has 226 valence electrons. The molecule has 2 aliphatic rings. The largest absolute Gasteiger partial charge is 0.487 e. The molecule has 1 aromatic carbocycles. The molecule has 2 unspecified atom stereocenters. The van der Waals surface area contributed by atoms with E-state index >= 15 is 0 Å². The van der Waals surface area contributed by atoms with Crippen molar-refractivity contribution in [1.29, 1.82) is 0 Å². The molecular formula is C34H41N5O4. The van der Waals surface area contributed by atoms with Gasteiger partial charge in [-0.05, 0) is 82.0 Å². The molecule has 0 saturated carbocycles. The Balaban J connectivity index is 1.39. The average molecular weight is 584 g/mol. The molecule has 0 bridgehead atoms. The van der Waals surface area contributed by atoms with E-state index in [0.717, 1.165) is 66.2 Å². The monoisotopic (exact) mass is 583 g/mol. The van der Waals surface area contributed by atoms with Crippen molar-refractivity contribution < 1.29 is 14.6 Å². The van der Waals surface area contributed by atoms with Gasteiger partial charge in [-0.2, -0.15) is 0 Å². The predicted molar refractivity (Wildman–Crippen MR) is 168 cm³/mol. The molecule has 0 spiro atoms. The highest BCUT2D eigenvalue weighted by Gasteiger charge is 2.30. The van der Waals surface area contributed by atoms with Crippen LogP contribution in [0.2, 0.25) is 0 Å². The summed E-state index contributed by atoms with van der Waals surface area (Å²) >= 11 is 0. The summed E-state index contributed by atoms with van der Waals surface area (Å²) in [6.45, 7) is 11.7. The van der Waals surface area contributed by atoms with E-state index in [1.54, 1.807) is 0 Å². The summed E-state index contributed by atoms with van der Waals surface area (Å²) < 4.78 is 14.2. The second kappa shape index (κ2) is 12.3. The number of ether oxygens (including phenoxy) is 2. The first-order chi connectivity index (χ1) is 20.8. The third-order valence-electron chi connectivity index (χ3n) is 8.66. The zero-order chi connectivity index (χ0) is 30.1. The van der Waals surface area contributed by atoms with Gasteiger partial charge in [0, 0.05) is 61.6 Å². The van der Waals surface area contributed by atoms with E-state index in [0.29, 0.717) is 30.0 Å². The number of aryl methyl sites for hydroxylation is 3. The van der Waals surface area contributed by atoms with Crippen molar-refractivity contribution in [3.63, 3.8) is 0 Å². The van der Waals surface area contributed by atoms with Crippen LogP contribution in [0.25, 0.3) is 10.9 Å². The Bertz CT molecular complexity index is 1670. The molecule has 43 heavy (non-hydrogen) atoms. The lowest BCUT2D eigenvalue weighted by atomic mass is 10.0. The maximum Gasteiger partial charge on any atom is 0.194 e. The minimum absolute atomic E-state index is 0.0216. The molecule has 3 aromatic heterocycles. The van der Waals surface area contributed by atoms with E-state index in [2.05, 4.69) is 55.5 Å². The standard InChI is InChI=1S/C34H41N5O4/c1-22-14-30-31-34(33(22)42-13-12-40)43-21-25(4)39(31)19-27(32(30)41)18-38(17-26-9-10-35-24(3)15-26)29-6-5-11-37(20-29)28-8-7-23(2)36-16-28/h7-10,14-16,19,25,29,40H,5-6,11-13,17-18,20-21H2,1-4H3. The molecule has 9 heteroatoms. The van der Waals surface area contributed by atoms with Gasteiger partial charge in [0.25, 0.3) is 0 Å². The Hall–Kier alpha value is -3.95. The minimum atomic E-state index is -0.0923. The molecule has 5 heterocycles. The highest BCUT2D eigenvalue weighted by atomic mass is 16.5. The lowest BCUT2D eigenvalue weighted by Crippen LogP contribution is -2.48. The van der Waals surface area contributed by atoms with Gasteiger partial charge >= 0.3 is 0 Å². The van der Waals surface area contributed by atoms with Gasteiger partial charge in [-0.25, -0.2) is 0 Å². The van der Waals surface area contributed by atoms with Crippen LogP contribution in [0.3, 0.4) is 0 Å². The minimum Gasteiger partial charge on any atom is -0.487 e. The van der Waals surface area contributed by atoms with Gasteiger partial charge < -0.3 is 24.0 Å². The second-order valence-corrected chi connectivity index (χ2v) is 12.0. The summed E-state index contributed by atoms with van der Waals surface area (Å²) in [5, 5.41) is 10.00. The molecule has 4 aromatic rings. The Morgan fingerprint density at radius 2 is 1.98 bits per heavy atom. The predicted octanol–water partition coefficient (Wildman–Crippen LogP) is 4.71. The van der Waals surface area contributed by atoms with Crippen LogP contribution in [-0.2, 0) is 13.1 Å². The smallest absolute Gasteiger partial charge is 0.194 e. The first-order valence-corrected chi connectivity index (χ1v) is 15.2. The summed E-state index contributed by atoms with van der Waals surface area (Å²) in [6.07, 6.45) is 7.99. The maximum absolute atomic E-state index is 14.2. The Morgan fingerprint density at radius 3 is 2.74 bits per heavy atom. The Morgan fingerprint density at radius 1 is 1.12 bits per heavy atom. The fraction of sp³-hybridized carbons (Fsp3) is 0.441. The van der Waals surface area contributed by atoms with Gasteiger partial charge in [0.15, 0.2) is 16.9 Å². The fourth-order valence-corrected chi connectivity index (χ4v) is 6.46. The topological polar surface area (TPSA) is 93.0 Å². The molecular weight excluding hydrogens is 542 g/mol. The van der Waals surface area contributed by atoms with Crippen LogP contribution < -0.4 is 19.8 Å². The van der Waals surface area contributed by atoms with Crippen molar-refractivity contribution in [2.75, 3.05) is 37.8 Å². The van der Waals surface area contributed by atoms with Gasteiger partial charge in [0.1, 0.15) is 13.2 Å². The van der Waals surface area contributed by atoms with Crippen LogP contribution >= 0.6 is 0 Å². The highest BCUT2D eigenvalue weighted by molar-refractivity contribution is 5.90. The summed E-state index contributed by atoms with van der Waals surface area (Å²) in [6, 6.07) is 10.7. The van der Waals surface area contributed by atoms with Gasteiger partial charge in [-0.3, -0.25) is 19.7 Å². The van der Waals surface area contributed by atoms with Crippen LogP contribution in [0.5, 0.6) is 11.5 Å². The summed E-state index contributed by atoms with van der Waals surface area (Å²) in [5.41, 5.74) is 6.71. The molecule has 0 radical (unpaired) electrons. The third-order valence-corrected chi connectivity index (χ3v) is 8.66. The Kier molecular flexibility index (Phi) is 8.36. The van der Waals surface area contributed by atoms with Gasteiger partial charge in [-0.1, -0.05) is 0 Å². The zero-order valence-electron chi connectivity index (χ0n) is 25.5. The average Bonchev–Trinajstić information content (AvgIpc) is 3.00. The van der Waals surface area contributed by atoms with E-state index in [-0.39, 0.29) is 30.7 Å². The number of aromatic nitrogens is 3. The fourth-order valence-electron chi connectivity index (χ4n) is 6.46. The zero-order valence-corrected chi connectivity index (χ0v) is 25.5. The summed E-state index contributed by atoms with van der Waals surface area (Å²) in [5.74, 6) is 1.18. The normalized spacial score (nSPS) is 18.2. The van der Waals surface area contributed by atoms with E-state index in [1.165, 1.54) is 5.56 Å². The lowest BCUT2D eigenvalue weighted by Gasteiger charge is -2.40. The number of aliphatic hydroxyl groups is 1. The molecule has 6 rings (SSSR count). The van der Waals surface area contributed by atoms with E-state index in [9.17, 15) is 9.90 Å². The third kappa shape index (κ3) is 5.96. The van der Waals surface area contributed by atoms with Crippen molar-refractivity contribution in [3.05, 3.63) is 87.2 Å². The quantitative estimate of drug-likeness (QED) is 0.303. The number of benzene rings is 1. The van der Waals surface area contributed by atoms with Crippen molar-refractivity contribution in [2.24, 2.45) is 0 Å². The Labute approximate surface area is 252 Å². The van der Waals surface area contributed by atoms with Gasteiger partial charge in [0.05, 0.1) is 35.4 Å². The highest BCUT2D eigenvalue weighted by Crippen LogP contribution is 2.42. The number of hydrogen-bond donors (Lipinski definition) is 1. The SMILES string of the molecule is Cc1ccc(N2CCCC(N(Cc3ccnc(C)c3)Cc3cn4c5c(c(OCCO)c(C)cc5c3=O)OCC4C)C2)cn1. The maximum atomic E-state index is 14.2. The molecule has 2 aliphatic heterocycles. The van der Waals surface area contributed by atoms with Crippen LogP contribution in [-0.4, -0.2) is 63.5 Å². The van der Waals surface area contributed by atoms with Crippen LogP contribution in [0.15, 0.2) is 53.7 Å². The number of pyridine rings is 3. The molecule has 1 saturated heterocycles. The van der Waals surface area contributed by atoms with Crippen molar-refractivity contribution in [3.8, 4) is 11.5 Å². The van der Waals surface area contributed by atoms with Crippen LogP contribution in [0.1, 0.15) is 53.9 Å². The number of piperidine rings is 1. The van der Waals surface area contributed by atoms with Gasteiger partial charge in [0.2, 0.25) is 0 Å². The van der Waals surface area contributed by atoms with E-state index < -0.39 is 0 Å². The van der Waals surface area contributed by atoms with Crippen LogP contribution in [0, 0.1) is 20.8 Å². The summed E-state index contributed by atoms with van der Waals surface area (Å²) in [7, 11) is 0. The van der Waals surface area contributed by atoms with Crippen molar-refractivity contribution in [2.45, 2.75) is 65.7 Å². The van der Waals surface area contributed by atoms with E-state index in [1.807, 2.05) is 45.4 Å². The first kappa shape index (κ1) is 29.1. The number of anilines is 1. The molecule has 9 nitrogen and oxygen atoms in total. The molecule has 0 aliphatic carbocycles. The summed E-state index contributed by atoms with van der Waals surface area (Å²) in [4.78, 5) is 28.0. The van der Waals surface area contributed by atoms with Gasteiger partial charge in [-0.15, -0.1) is 0 Å². The van der Waals surface area contributed by atoms with E-state index in [4.69, 9.17) is 9.47 Å². The number of nitrogens with zero attached hydrogens (tertiary/aromatic N) is 5. The first-order valence-electron chi connectivity index (χ1n) is 15.2. The molecule has 2 atom stereocenters. The van der Waals surface area contributed by atoms with Crippen molar-refractivity contribution in [1.82, 2.24) is 19.4 Å². The molecule has 0 amide bonds. The number of aliphatic hydroxyl groups excluding tert-OH is 1. The molecule has 1 fully saturated rings.